The first kappa shape index (κ1) is 13.7. The Morgan fingerprint density at radius 3 is 2.95 bits per heavy atom. The first-order valence-corrected chi connectivity index (χ1v) is 6.96. The zero-order chi connectivity index (χ0) is 13.7. The Hall–Kier alpha value is -1.72. The molecule has 0 amide bonds. The second-order valence-corrected chi connectivity index (χ2v) is 5.50. The van der Waals surface area contributed by atoms with Crippen molar-refractivity contribution in [3.8, 4) is 0 Å². The van der Waals surface area contributed by atoms with Crippen LogP contribution in [0.4, 0.5) is 5.13 Å². The fourth-order valence-electron chi connectivity index (χ4n) is 1.70. The maximum atomic E-state index is 4.29. The number of nitrogens with zero attached hydrogens (tertiary/aromatic N) is 3. The van der Waals surface area contributed by atoms with Gasteiger partial charge < -0.3 is 4.90 Å². The fourth-order valence-corrected chi connectivity index (χ4v) is 2.34. The van der Waals surface area contributed by atoms with E-state index in [0.29, 0.717) is 0 Å². The second kappa shape index (κ2) is 6.45. The van der Waals surface area contributed by atoms with E-state index in [9.17, 15) is 0 Å². The minimum atomic E-state index is 0.818. The summed E-state index contributed by atoms with van der Waals surface area (Å²) in [4.78, 5) is 6.43. The molecule has 0 aliphatic heterocycles. The molecule has 1 aromatic carbocycles. The van der Waals surface area contributed by atoms with E-state index in [1.807, 2.05) is 30.7 Å². The number of thiazole rings is 1. The molecule has 4 nitrogen and oxygen atoms in total. The van der Waals surface area contributed by atoms with E-state index in [1.54, 1.807) is 11.3 Å². The van der Waals surface area contributed by atoms with Gasteiger partial charge in [-0.3, -0.25) is 5.43 Å². The van der Waals surface area contributed by atoms with Crippen molar-refractivity contribution in [3.63, 3.8) is 0 Å². The summed E-state index contributed by atoms with van der Waals surface area (Å²) in [6.07, 6.45) is 1.82. The zero-order valence-corrected chi connectivity index (χ0v) is 12.2. The number of hydrogen-bond acceptors (Lipinski definition) is 5. The third-order valence-electron chi connectivity index (χ3n) is 2.44. The second-order valence-electron chi connectivity index (χ2n) is 4.65. The smallest absolute Gasteiger partial charge is 0.203 e. The molecule has 0 unspecified atom stereocenters. The van der Waals surface area contributed by atoms with Crippen LogP contribution in [0.2, 0.25) is 0 Å². The highest BCUT2D eigenvalue weighted by Gasteiger charge is 1.97. The third kappa shape index (κ3) is 4.46. The molecule has 2 aromatic rings. The monoisotopic (exact) mass is 274 g/mol. The van der Waals surface area contributed by atoms with Crippen LogP contribution in [0, 0.1) is 6.92 Å². The van der Waals surface area contributed by atoms with Crippen molar-refractivity contribution in [1.29, 1.82) is 0 Å². The lowest BCUT2D eigenvalue weighted by atomic mass is 10.1. The van der Waals surface area contributed by atoms with Crippen LogP contribution in [0.1, 0.15) is 16.8 Å². The van der Waals surface area contributed by atoms with Crippen LogP contribution in [-0.4, -0.2) is 30.2 Å². The van der Waals surface area contributed by atoms with Crippen LogP contribution in [0.5, 0.6) is 0 Å². The Balaban J connectivity index is 1.98. The Bertz CT molecular complexity index is 560. The van der Waals surface area contributed by atoms with Gasteiger partial charge in [0.2, 0.25) is 5.13 Å². The summed E-state index contributed by atoms with van der Waals surface area (Å²) in [5, 5.41) is 7.02. The van der Waals surface area contributed by atoms with Crippen LogP contribution >= 0.6 is 11.3 Å². The van der Waals surface area contributed by atoms with E-state index in [1.165, 1.54) is 5.56 Å². The third-order valence-corrected chi connectivity index (χ3v) is 3.31. The zero-order valence-electron chi connectivity index (χ0n) is 11.4. The van der Waals surface area contributed by atoms with Gasteiger partial charge in [0.05, 0.1) is 11.9 Å². The molecule has 0 saturated carbocycles. The molecule has 2 rings (SSSR count). The molecule has 0 saturated heterocycles. The van der Waals surface area contributed by atoms with Gasteiger partial charge in [-0.05, 0) is 38.2 Å². The average Bonchev–Trinajstić information content (AvgIpc) is 2.75. The van der Waals surface area contributed by atoms with Gasteiger partial charge in [-0.1, -0.05) is 18.2 Å². The van der Waals surface area contributed by atoms with Crippen molar-refractivity contribution in [3.05, 3.63) is 46.5 Å². The lowest BCUT2D eigenvalue weighted by Gasteiger charge is -2.09. The van der Waals surface area contributed by atoms with Crippen molar-refractivity contribution < 1.29 is 0 Å². The van der Waals surface area contributed by atoms with Gasteiger partial charge in [0.15, 0.2) is 0 Å². The Morgan fingerprint density at radius 2 is 2.26 bits per heavy atom. The predicted octanol–water partition coefficient (Wildman–Crippen LogP) is 2.96. The molecule has 0 radical (unpaired) electrons. The molecule has 1 heterocycles. The average molecular weight is 274 g/mol. The van der Waals surface area contributed by atoms with E-state index >= 15 is 0 Å². The summed E-state index contributed by atoms with van der Waals surface area (Å²) in [5.41, 5.74) is 6.31. The Kier molecular flexibility index (Phi) is 4.65. The summed E-state index contributed by atoms with van der Waals surface area (Å²) < 4.78 is 0. The summed E-state index contributed by atoms with van der Waals surface area (Å²) >= 11 is 1.55. The van der Waals surface area contributed by atoms with E-state index in [2.05, 4.69) is 46.6 Å². The van der Waals surface area contributed by atoms with Crippen LogP contribution in [0.15, 0.2) is 34.7 Å². The fraction of sp³-hybridized carbons (Fsp3) is 0.286. The molecule has 0 atom stereocenters. The molecule has 1 N–H and O–H groups in total. The number of benzene rings is 1. The highest BCUT2D eigenvalue weighted by molar-refractivity contribution is 7.13. The van der Waals surface area contributed by atoms with Gasteiger partial charge in [0.25, 0.3) is 0 Å². The lowest BCUT2D eigenvalue weighted by Crippen LogP contribution is -2.10. The maximum absolute atomic E-state index is 4.29. The first-order chi connectivity index (χ1) is 9.13. The molecule has 0 bridgehead atoms. The molecule has 0 aliphatic carbocycles. The molecular formula is C14H18N4S. The van der Waals surface area contributed by atoms with Crippen LogP contribution < -0.4 is 5.43 Å². The van der Waals surface area contributed by atoms with Gasteiger partial charge >= 0.3 is 0 Å². The van der Waals surface area contributed by atoms with Gasteiger partial charge in [0, 0.05) is 11.9 Å². The minimum Gasteiger partial charge on any atom is -0.305 e. The normalized spacial score (nSPS) is 11.4. The van der Waals surface area contributed by atoms with Gasteiger partial charge in [-0.15, -0.1) is 11.3 Å². The number of aryl methyl sites for hydroxylation is 1. The quantitative estimate of drug-likeness (QED) is 0.673. The Labute approximate surface area is 117 Å². The van der Waals surface area contributed by atoms with Crippen molar-refractivity contribution in [2.24, 2.45) is 5.10 Å². The molecular weight excluding hydrogens is 256 g/mol. The standard InChI is InChI=1S/C14H18N4S/c1-11-10-19-14(16-11)17-15-8-12-5-4-6-13(7-12)9-18(2)3/h4-8,10H,9H2,1-3H3,(H,16,17). The van der Waals surface area contributed by atoms with Crippen LogP contribution in [0.3, 0.4) is 0 Å². The van der Waals surface area contributed by atoms with Gasteiger partial charge in [0.1, 0.15) is 0 Å². The van der Waals surface area contributed by atoms with E-state index in [-0.39, 0.29) is 0 Å². The number of aromatic nitrogens is 1. The van der Waals surface area contributed by atoms with E-state index in [4.69, 9.17) is 0 Å². The number of anilines is 1. The number of nitrogens with one attached hydrogen (secondary N) is 1. The van der Waals surface area contributed by atoms with Crippen LogP contribution in [-0.2, 0) is 6.54 Å². The first-order valence-electron chi connectivity index (χ1n) is 6.08. The summed E-state index contributed by atoms with van der Waals surface area (Å²) in [5.74, 6) is 0. The maximum Gasteiger partial charge on any atom is 0.203 e. The van der Waals surface area contributed by atoms with Gasteiger partial charge in [-0.25, -0.2) is 4.98 Å². The van der Waals surface area contributed by atoms with Crippen molar-refractivity contribution in [1.82, 2.24) is 9.88 Å². The number of hydrazone groups is 1. The molecule has 0 spiro atoms. The van der Waals surface area contributed by atoms with Crippen LogP contribution in [0.25, 0.3) is 0 Å². The summed E-state index contributed by atoms with van der Waals surface area (Å²) in [6.45, 7) is 2.90. The van der Waals surface area contributed by atoms with Crippen molar-refractivity contribution in [2.75, 3.05) is 19.5 Å². The SMILES string of the molecule is Cc1csc(NN=Cc2cccc(CN(C)C)c2)n1. The highest BCUT2D eigenvalue weighted by Crippen LogP contribution is 2.14. The largest absolute Gasteiger partial charge is 0.305 e. The summed E-state index contributed by atoms with van der Waals surface area (Å²) in [7, 11) is 4.13. The summed E-state index contributed by atoms with van der Waals surface area (Å²) in [6, 6.07) is 8.35. The topological polar surface area (TPSA) is 40.5 Å². The number of rotatable bonds is 5. The Morgan fingerprint density at radius 1 is 1.42 bits per heavy atom. The molecule has 100 valence electrons. The highest BCUT2D eigenvalue weighted by atomic mass is 32.1. The van der Waals surface area contributed by atoms with Crippen molar-refractivity contribution >= 4 is 22.7 Å². The molecule has 0 fully saturated rings. The van der Waals surface area contributed by atoms with E-state index < -0.39 is 0 Å². The molecule has 1 aromatic heterocycles. The predicted molar refractivity (Wildman–Crippen MR) is 81.9 cm³/mol. The molecule has 5 heteroatoms. The minimum absolute atomic E-state index is 0.818. The number of hydrogen-bond donors (Lipinski definition) is 1. The van der Waals surface area contributed by atoms with Crippen molar-refractivity contribution in [2.45, 2.75) is 13.5 Å². The van der Waals surface area contributed by atoms with E-state index in [0.717, 1.165) is 22.9 Å². The molecule has 19 heavy (non-hydrogen) atoms. The molecule has 0 aliphatic rings. The van der Waals surface area contributed by atoms with Gasteiger partial charge in [-0.2, -0.15) is 5.10 Å². The lowest BCUT2D eigenvalue weighted by molar-refractivity contribution is 0.402.